The third kappa shape index (κ3) is 12.7. The molecule has 100 heavy (non-hydrogen) atoms. The Kier molecular flexibility index (Phi) is 17.1. The molecule has 0 bridgehead atoms. The molecule has 0 saturated heterocycles. The molecule has 3 heterocycles. The van der Waals surface area contributed by atoms with Crippen molar-refractivity contribution in [3.05, 3.63) is 341 Å². The summed E-state index contributed by atoms with van der Waals surface area (Å²) in [5, 5.41) is 24.0. The number of nitrogens with zero attached hydrogens (tertiary/aromatic N) is 7. The van der Waals surface area contributed by atoms with E-state index in [0.29, 0.717) is 116 Å². The molecule has 0 fully saturated rings. The van der Waals surface area contributed by atoms with Crippen LogP contribution in [0.25, 0.3) is 100 Å². The van der Waals surface area contributed by atoms with E-state index in [2.05, 4.69) is 12.1 Å². The molecule has 478 valence electrons. The van der Waals surface area contributed by atoms with Crippen molar-refractivity contribution in [3.63, 3.8) is 0 Å². The molecule has 0 atom stereocenters. The first kappa shape index (κ1) is 62.2. The Morgan fingerprint density at radius 1 is 0.310 bits per heavy atom. The molecule has 15 nitrogen and oxygen atoms in total. The molecule has 0 aliphatic carbocycles. The van der Waals surface area contributed by atoms with Crippen molar-refractivity contribution in [2.24, 2.45) is 0 Å². The molecule has 0 spiro atoms. The van der Waals surface area contributed by atoms with Crippen molar-refractivity contribution in [1.29, 1.82) is 10.5 Å². The van der Waals surface area contributed by atoms with E-state index < -0.39 is 23.9 Å². The second kappa shape index (κ2) is 27.4. The predicted molar refractivity (Wildman–Crippen MR) is 382 cm³/mol. The summed E-state index contributed by atoms with van der Waals surface area (Å²) in [6.07, 6.45) is 0. The summed E-state index contributed by atoms with van der Waals surface area (Å²) in [5.41, 5.74) is 12.0. The second-order valence-electron chi connectivity index (χ2n) is 23.8. The van der Waals surface area contributed by atoms with Crippen LogP contribution >= 0.6 is 0 Å². The molecule has 0 aliphatic heterocycles. The Balaban J connectivity index is 0.887. The van der Waals surface area contributed by atoms with E-state index in [9.17, 15) is 29.7 Å². The van der Waals surface area contributed by atoms with Crippen LogP contribution in [-0.4, -0.2) is 48.0 Å². The maximum Gasteiger partial charge on any atom is 0.338 e. The van der Waals surface area contributed by atoms with Crippen LogP contribution in [0.4, 0.5) is 0 Å². The van der Waals surface area contributed by atoms with E-state index in [1.54, 1.807) is 66.7 Å². The quantitative estimate of drug-likeness (QED) is 0.0581. The molecule has 0 radical (unpaired) electrons. The zero-order chi connectivity index (χ0) is 68.1. The number of fused-ring (bicyclic) bond motifs is 6. The number of hydrogen-bond donors (Lipinski definition) is 0. The van der Waals surface area contributed by atoms with Gasteiger partial charge in [-0.3, -0.25) is 0 Å². The Hall–Kier alpha value is -13.9. The van der Waals surface area contributed by atoms with E-state index >= 15 is 0 Å². The summed E-state index contributed by atoms with van der Waals surface area (Å²) in [6, 6.07) is 91.6. The van der Waals surface area contributed by atoms with Crippen LogP contribution in [0.3, 0.4) is 0 Å². The monoisotopic (exact) mass is 1300 g/mol. The van der Waals surface area contributed by atoms with E-state index in [4.69, 9.17) is 33.9 Å². The second-order valence-corrected chi connectivity index (χ2v) is 23.8. The average molecular weight is 1300 g/mol. The van der Waals surface area contributed by atoms with E-state index in [1.165, 1.54) is 0 Å². The number of aromatic nitrogens is 5. The van der Waals surface area contributed by atoms with Gasteiger partial charge in [0.25, 0.3) is 0 Å². The minimum atomic E-state index is -0.535. The topological polar surface area (TPSA) is 201 Å². The first-order valence-corrected chi connectivity index (χ1v) is 32.1. The van der Waals surface area contributed by atoms with Crippen LogP contribution < -0.4 is 0 Å². The Bertz CT molecular complexity index is 5560. The number of nitriles is 2. The predicted octanol–water partition coefficient (Wildman–Crippen LogP) is 17.9. The van der Waals surface area contributed by atoms with Gasteiger partial charge in [0, 0.05) is 49.6 Å². The molecular formula is C85H55N7O8. The maximum absolute atomic E-state index is 14.0. The lowest BCUT2D eigenvalue weighted by molar-refractivity contribution is 0.0464. The molecule has 3 aromatic heterocycles. The van der Waals surface area contributed by atoms with Gasteiger partial charge in [0.2, 0.25) is 0 Å². The third-order valence-electron chi connectivity index (χ3n) is 17.4. The normalized spacial score (nSPS) is 11.1. The van der Waals surface area contributed by atoms with Crippen LogP contribution in [0.5, 0.6) is 0 Å². The lowest BCUT2D eigenvalue weighted by Crippen LogP contribution is -2.05. The standard InChI is InChI=1S/C85H55N7O8/c86-48-58-25-16-28-60(41-58)68-36-35-67(92-77-39-32-63(84(95)99-52-56-21-10-3-11-22-56)44-72(77)73-45-64(33-40-78(73)92)85(96)100-53-57-23-12-4-13-24-57)47-74(68)81-89-79(59-26-14-5-15-27-59)88-80(90-81)69-46-66(34-29-65(69)49-87)91-75-37-30-61(82(93)97-50-54-17-6-1-7-18-54)42-70(75)71-43-62(31-38-76(71)91)83(94)98-51-55-19-8-2-9-20-55/h1-47H,50-53H2. The third-order valence-corrected chi connectivity index (χ3v) is 17.4. The zero-order valence-corrected chi connectivity index (χ0v) is 53.4. The van der Waals surface area contributed by atoms with Crippen LogP contribution in [0.2, 0.25) is 0 Å². The van der Waals surface area contributed by atoms with Gasteiger partial charge in [-0.1, -0.05) is 170 Å². The van der Waals surface area contributed by atoms with Gasteiger partial charge in [0.15, 0.2) is 17.5 Å². The van der Waals surface area contributed by atoms with E-state index in [-0.39, 0.29) is 43.6 Å². The smallest absolute Gasteiger partial charge is 0.338 e. The van der Waals surface area contributed by atoms with Crippen LogP contribution in [0.15, 0.2) is 285 Å². The van der Waals surface area contributed by atoms with Gasteiger partial charge in [-0.15, -0.1) is 0 Å². The van der Waals surface area contributed by atoms with Crippen molar-refractivity contribution in [3.8, 4) is 68.8 Å². The van der Waals surface area contributed by atoms with Gasteiger partial charge >= 0.3 is 23.9 Å². The number of rotatable bonds is 18. The summed E-state index contributed by atoms with van der Waals surface area (Å²) in [5.74, 6) is -1.46. The highest BCUT2D eigenvalue weighted by atomic mass is 16.5. The molecule has 15 aromatic rings. The highest BCUT2D eigenvalue weighted by Crippen LogP contribution is 2.41. The zero-order valence-electron chi connectivity index (χ0n) is 53.4. The Morgan fingerprint density at radius 2 is 0.660 bits per heavy atom. The van der Waals surface area contributed by atoms with Crippen molar-refractivity contribution in [1.82, 2.24) is 24.1 Å². The van der Waals surface area contributed by atoms with Gasteiger partial charge in [0.1, 0.15) is 26.4 Å². The summed E-state index contributed by atoms with van der Waals surface area (Å²) in [6.45, 7) is 0.254. The largest absolute Gasteiger partial charge is 0.457 e. The number of ether oxygens (including phenoxy) is 4. The van der Waals surface area contributed by atoms with Gasteiger partial charge < -0.3 is 28.1 Å². The Labute approximate surface area is 573 Å². The van der Waals surface area contributed by atoms with Gasteiger partial charge in [-0.2, -0.15) is 10.5 Å². The first-order chi connectivity index (χ1) is 49.1. The van der Waals surface area contributed by atoms with Crippen LogP contribution in [0, 0.1) is 22.7 Å². The van der Waals surface area contributed by atoms with Crippen molar-refractivity contribution < 1.29 is 38.1 Å². The summed E-state index contributed by atoms with van der Waals surface area (Å²) >= 11 is 0. The average Bonchev–Trinajstić information content (AvgIpc) is 1.58. The SMILES string of the molecule is N#Cc1cccc(-c2ccc(-n3c4ccc(C(=O)OCc5ccccc5)cc4c4cc(C(=O)OCc5ccccc5)ccc43)cc2-c2nc(-c3ccccc3)nc(-c3cc(-n4c5ccc(C(=O)OCc6ccccc6)cc5c5cc(C(=O)OCc6ccccc6)ccc54)ccc3C#N)n2)c1. The Morgan fingerprint density at radius 3 is 1.05 bits per heavy atom. The molecule has 0 N–H and O–H groups in total. The highest BCUT2D eigenvalue weighted by Gasteiger charge is 2.25. The number of benzene rings is 12. The fourth-order valence-electron chi connectivity index (χ4n) is 12.5. The van der Waals surface area contributed by atoms with Crippen LogP contribution in [0.1, 0.15) is 74.8 Å². The first-order valence-electron chi connectivity index (χ1n) is 32.1. The molecule has 0 amide bonds. The molecule has 15 rings (SSSR count). The van der Waals surface area contributed by atoms with Crippen molar-refractivity contribution >= 4 is 67.5 Å². The summed E-state index contributed by atoms with van der Waals surface area (Å²) < 4.78 is 27.4. The minimum Gasteiger partial charge on any atom is -0.457 e. The van der Waals surface area contributed by atoms with Crippen molar-refractivity contribution in [2.45, 2.75) is 26.4 Å². The number of hydrogen-bond acceptors (Lipinski definition) is 13. The molecule has 0 unspecified atom stereocenters. The summed E-state index contributed by atoms with van der Waals surface area (Å²) in [4.78, 5) is 71.5. The molecule has 12 aromatic carbocycles. The molecule has 0 saturated carbocycles. The number of carbonyl (C=O) groups excluding carboxylic acids is 4. The van der Waals surface area contributed by atoms with Gasteiger partial charge in [-0.25, -0.2) is 34.1 Å². The fourth-order valence-corrected chi connectivity index (χ4v) is 12.5. The molecule has 0 aliphatic rings. The fraction of sp³-hybridized carbons (Fsp3) is 0.0471. The maximum atomic E-state index is 14.0. The van der Waals surface area contributed by atoms with Gasteiger partial charge in [0.05, 0.1) is 67.6 Å². The molecular weight excluding hydrogens is 1250 g/mol. The highest BCUT2D eigenvalue weighted by molar-refractivity contribution is 6.14. The lowest BCUT2D eigenvalue weighted by Gasteiger charge is -2.16. The van der Waals surface area contributed by atoms with Gasteiger partial charge in [-0.05, 0) is 149 Å². The molecule has 15 heteroatoms. The number of carbonyl (C=O) groups is 4. The van der Waals surface area contributed by atoms with Crippen molar-refractivity contribution in [2.75, 3.05) is 0 Å². The van der Waals surface area contributed by atoms with E-state index in [0.717, 1.165) is 22.3 Å². The summed E-state index contributed by atoms with van der Waals surface area (Å²) in [7, 11) is 0. The van der Waals surface area contributed by atoms with Crippen LogP contribution in [-0.2, 0) is 45.4 Å². The number of esters is 4. The van der Waals surface area contributed by atoms with E-state index in [1.807, 2.05) is 228 Å². The lowest BCUT2D eigenvalue weighted by atomic mass is 9.96. The minimum absolute atomic E-state index is 0.0633.